The van der Waals surface area contributed by atoms with Crippen LogP contribution in [0.25, 0.3) is 22.2 Å². The van der Waals surface area contributed by atoms with Gasteiger partial charge in [-0.2, -0.15) is 0 Å². The van der Waals surface area contributed by atoms with Crippen molar-refractivity contribution in [3.63, 3.8) is 0 Å². The summed E-state index contributed by atoms with van der Waals surface area (Å²) < 4.78 is 0. The lowest BCUT2D eigenvalue weighted by molar-refractivity contribution is 0.641. The molecule has 0 bridgehead atoms. The number of para-hydroxylation sites is 2. The second kappa shape index (κ2) is 5.91. The maximum absolute atomic E-state index is 4.84. The summed E-state index contributed by atoms with van der Waals surface area (Å²) >= 11 is 0. The Bertz CT molecular complexity index is 1080. The van der Waals surface area contributed by atoms with Crippen LogP contribution in [0.3, 0.4) is 0 Å². The van der Waals surface area contributed by atoms with E-state index in [9.17, 15) is 0 Å². The van der Waals surface area contributed by atoms with Crippen LogP contribution < -0.4 is 9.80 Å². The number of nitrogens with zero attached hydrogens (tertiary/aromatic N) is 7. The highest BCUT2D eigenvalue weighted by Crippen LogP contribution is 2.24. The summed E-state index contributed by atoms with van der Waals surface area (Å²) in [6, 6.07) is 8.00. The van der Waals surface area contributed by atoms with E-state index >= 15 is 0 Å². The molecular formula is C18H18N8. The average Bonchev–Trinajstić information content (AvgIpc) is 3.16. The van der Waals surface area contributed by atoms with Crippen LogP contribution in [0.5, 0.6) is 0 Å². The minimum absolute atomic E-state index is 0.702. The number of imidazole rings is 1. The molecule has 0 radical (unpaired) electrons. The van der Waals surface area contributed by atoms with Gasteiger partial charge in [-0.1, -0.05) is 12.1 Å². The van der Waals surface area contributed by atoms with E-state index in [1.807, 2.05) is 31.2 Å². The van der Waals surface area contributed by atoms with Gasteiger partial charge in [0.15, 0.2) is 17.3 Å². The van der Waals surface area contributed by atoms with Crippen LogP contribution in [0, 0.1) is 6.92 Å². The van der Waals surface area contributed by atoms with Gasteiger partial charge in [0.2, 0.25) is 0 Å². The van der Waals surface area contributed by atoms with Crippen molar-refractivity contribution in [2.45, 2.75) is 6.92 Å². The molecule has 0 amide bonds. The molecule has 0 aliphatic carbocycles. The van der Waals surface area contributed by atoms with Gasteiger partial charge in [-0.05, 0) is 19.1 Å². The molecule has 5 rings (SSSR count). The summed E-state index contributed by atoms with van der Waals surface area (Å²) in [6.45, 7) is 5.48. The lowest BCUT2D eigenvalue weighted by atomic mass is 10.2. The smallest absolute Gasteiger partial charge is 0.182 e. The lowest BCUT2D eigenvalue weighted by Crippen LogP contribution is -2.47. The zero-order valence-electron chi connectivity index (χ0n) is 14.4. The zero-order valence-corrected chi connectivity index (χ0v) is 14.4. The Morgan fingerprint density at radius 1 is 0.846 bits per heavy atom. The van der Waals surface area contributed by atoms with Gasteiger partial charge in [-0.15, -0.1) is 0 Å². The van der Waals surface area contributed by atoms with E-state index in [1.165, 1.54) is 0 Å². The van der Waals surface area contributed by atoms with E-state index in [0.717, 1.165) is 60.1 Å². The standard InChI is InChI=1S/C18H18N8/c1-12-17(24-14-5-3-2-4-13(14)23-12)25-6-8-26(9-7-25)18-15-16(20-10-19-15)21-11-22-18/h2-5,10-11H,6-9H2,1H3,(H,19,20,21,22). The van der Waals surface area contributed by atoms with Crippen LogP contribution in [0.15, 0.2) is 36.9 Å². The van der Waals surface area contributed by atoms with Crippen LogP contribution in [-0.4, -0.2) is 56.1 Å². The summed E-state index contributed by atoms with van der Waals surface area (Å²) in [5.41, 5.74) is 4.44. The molecule has 0 atom stereocenters. The van der Waals surface area contributed by atoms with E-state index < -0.39 is 0 Å². The third-order valence-corrected chi connectivity index (χ3v) is 4.80. The maximum atomic E-state index is 4.84. The van der Waals surface area contributed by atoms with Crippen LogP contribution in [0.4, 0.5) is 11.6 Å². The summed E-state index contributed by atoms with van der Waals surface area (Å²) in [5, 5.41) is 0. The number of aromatic amines is 1. The number of hydrogen-bond acceptors (Lipinski definition) is 7. The van der Waals surface area contributed by atoms with Crippen molar-refractivity contribution in [1.82, 2.24) is 29.9 Å². The van der Waals surface area contributed by atoms with Crippen LogP contribution in [-0.2, 0) is 0 Å². The fourth-order valence-corrected chi connectivity index (χ4v) is 3.50. The van der Waals surface area contributed by atoms with Gasteiger partial charge < -0.3 is 14.8 Å². The normalized spacial score (nSPS) is 15.1. The Balaban J connectivity index is 1.40. The fourth-order valence-electron chi connectivity index (χ4n) is 3.50. The molecule has 8 heteroatoms. The second-order valence-electron chi connectivity index (χ2n) is 6.39. The van der Waals surface area contributed by atoms with Crippen molar-refractivity contribution < 1.29 is 0 Å². The molecule has 4 aromatic rings. The monoisotopic (exact) mass is 346 g/mol. The van der Waals surface area contributed by atoms with E-state index in [4.69, 9.17) is 9.97 Å². The third kappa shape index (κ3) is 2.42. The first kappa shape index (κ1) is 15.0. The maximum Gasteiger partial charge on any atom is 0.182 e. The molecule has 1 N–H and O–H groups in total. The number of fused-ring (bicyclic) bond motifs is 2. The Labute approximate surface area is 149 Å². The summed E-state index contributed by atoms with van der Waals surface area (Å²) in [4.78, 5) is 30.1. The van der Waals surface area contributed by atoms with E-state index in [-0.39, 0.29) is 0 Å². The Morgan fingerprint density at radius 3 is 2.31 bits per heavy atom. The number of H-pyrrole nitrogens is 1. The molecule has 4 heterocycles. The zero-order chi connectivity index (χ0) is 17.5. The largest absolute Gasteiger partial charge is 0.352 e. The highest BCUT2D eigenvalue weighted by molar-refractivity contribution is 5.83. The SMILES string of the molecule is Cc1nc2ccccc2nc1N1CCN(c2ncnc3nc[nH]c23)CC1. The first-order valence-electron chi connectivity index (χ1n) is 8.67. The van der Waals surface area contributed by atoms with Crippen molar-refractivity contribution >= 4 is 33.8 Å². The van der Waals surface area contributed by atoms with Crippen molar-refractivity contribution in [2.75, 3.05) is 36.0 Å². The number of benzene rings is 1. The van der Waals surface area contributed by atoms with E-state index in [2.05, 4.69) is 29.7 Å². The lowest BCUT2D eigenvalue weighted by Gasteiger charge is -2.36. The molecule has 26 heavy (non-hydrogen) atoms. The predicted octanol–water partition coefficient (Wildman–Crippen LogP) is 1.93. The average molecular weight is 346 g/mol. The van der Waals surface area contributed by atoms with Gasteiger partial charge in [0.25, 0.3) is 0 Å². The van der Waals surface area contributed by atoms with Crippen molar-refractivity contribution in [3.05, 3.63) is 42.6 Å². The fraction of sp³-hybridized carbons (Fsp3) is 0.278. The van der Waals surface area contributed by atoms with E-state index in [0.29, 0.717) is 5.65 Å². The number of aromatic nitrogens is 6. The van der Waals surface area contributed by atoms with Crippen LogP contribution in [0.2, 0.25) is 0 Å². The molecule has 0 unspecified atom stereocenters. The second-order valence-corrected chi connectivity index (χ2v) is 6.39. The molecule has 1 aliphatic rings. The summed E-state index contributed by atoms with van der Waals surface area (Å²) in [5.74, 6) is 1.88. The molecule has 0 spiro atoms. The molecule has 1 fully saturated rings. The molecule has 130 valence electrons. The predicted molar refractivity (Wildman–Crippen MR) is 100 cm³/mol. The molecular weight excluding hydrogens is 328 g/mol. The first-order chi connectivity index (χ1) is 12.8. The molecule has 3 aromatic heterocycles. The molecule has 1 aliphatic heterocycles. The number of aryl methyl sites for hydroxylation is 1. The number of piperazine rings is 1. The van der Waals surface area contributed by atoms with Crippen molar-refractivity contribution in [2.24, 2.45) is 0 Å². The third-order valence-electron chi connectivity index (χ3n) is 4.80. The molecule has 0 saturated carbocycles. The van der Waals surface area contributed by atoms with E-state index in [1.54, 1.807) is 12.7 Å². The number of hydrogen-bond donors (Lipinski definition) is 1. The summed E-state index contributed by atoms with van der Waals surface area (Å²) in [7, 11) is 0. The Morgan fingerprint density at radius 2 is 1.54 bits per heavy atom. The highest BCUT2D eigenvalue weighted by Gasteiger charge is 2.23. The number of anilines is 2. The Hall–Kier alpha value is -3.29. The summed E-state index contributed by atoms with van der Waals surface area (Å²) in [6.07, 6.45) is 3.23. The first-order valence-corrected chi connectivity index (χ1v) is 8.67. The van der Waals surface area contributed by atoms with Gasteiger partial charge in [0.1, 0.15) is 11.8 Å². The topological polar surface area (TPSA) is 86.7 Å². The van der Waals surface area contributed by atoms with Gasteiger partial charge in [0, 0.05) is 26.2 Å². The van der Waals surface area contributed by atoms with Gasteiger partial charge in [-0.25, -0.2) is 24.9 Å². The van der Waals surface area contributed by atoms with Crippen molar-refractivity contribution in [3.8, 4) is 0 Å². The van der Waals surface area contributed by atoms with Gasteiger partial charge >= 0.3 is 0 Å². The minimum atomic E-state index is 0.702. The van der Waals surface area contributed by atoms with Gasteiger partial charge in [-0.3, -0.25) is 0 Å². The van der Waals surface area contributed by atoms with Gasteiger partial charge in [0.05, 0.1) is 23.1 Å². The molecule has 1 aromatic carbocycles. The minimum Gasteiger partial charge on any atom is -0.352 e. The quantitative estimate of drug-likeness (QED) is 0.593. The highest BCUT2D eigenvalue weighted by atomic mass is 15.3. The number of rotatable bonds is 2. The van der Waals surface area contributed by atoms with Crippen LogP contribution in [0.1, 0.15) is 5.69 Å². The van der Waals surface area contributed by atoms with Crippen molar-refractivity contribution in [1.29, 1.82) is 0 Å². The molecule has 8 nitrogen and oxygen atoms in total. The Kier molecular flexibility index (Phi) is 3.41. The van der Waals surface area contributed by atoms with Crippen LogP contribution >= 0.6 is 0 Å². The number of nitrogens with one attached hydrogen (secondary N) is 1. The molecule has 1 saturated heterocycles.